The van der Waals surface area contributed by atoms with Crippen molar-refractivity contribution in [1.29, 1.82) is 0 Å². The minimum absolute atomic E-state index is 0.152. The number of amides is 2. The predicted molar refractivity (Wildman–Crippen MR) is 158 cm³/mol. The number of rotatable bonds is 3. The van der Waals surface area contributed by atoms with Crippen LogP contribution in [0.2, 0.25) is 0 Å². The van der Waals surface area contributed by atoms with Gasteiger partial charge in [0, 0.05) is 29.6 Å². The Kier molecular flexibility index (Phi) is 11.0. The average molecular weight is 523 g/mol. The number of hydrogen-bond acceptors (Lipinski definition) is 5. The molecular weight excluding hydrogens is 484 g/mol. The van der Waals surface area contributed by atoms with Gasteiger partial charge < -0.3 is 26.6 Å². The Morgan fingerprint density at radius 1 is 1.16 bits per heavy atom. The third-order valence-electron chi connectivity index (χ3n) is 6.04. The first-order valence-corrected chi connectivity index (χ1v) is 13.3. The van der Waals surface area contributed by atoms with Crippen LogP contribution in [0.4, 0.5) is 21.9 Å². The number of fused-ring (bicyclic) bond motifs is 4. The summed E-state index contributed by atoms with van der Waals surface area (Å²) in [5.41, 5.74) is 4.95. The van der Waals surface area contributed by atoms with Crippen LogP contribution in [0.1, 0.15) is 44.7 Å². The molecule has 2 aliphatic heterocycles. The highest BCUT2D eigenvalue weighted by molar-refractivity contribution is 6.44. The summed E-state index contributed by atoms with van der Waals surface area (Å²) >= 11 is 6.47. The van der Waals surface area contributed by atoms with Crippen LogP contribution in [-0.4, -0.2) is 37.2 Å². The zero-order chi connectivity index (χ0) is 26.6. The molecule has 2 aliphatic rings. The molecule has 198 valence electrons. The number of carbonyl (C=O) groups excluding carboxylic acids is 1. The third kappa shape index (κ3) is 8.95. The fourth-order valence-electron chi connectivity index (χ4n) is 4.31. The van der Waals surface area contributed by atoms with Gasteiger partial charge in [-0.25, -0.2) is 9.79 Å². The number of nitrogens with one attached hydrogen (secondary N) is 5. The fraction of sp³-hybridized carbons (Fsp3) is 0.379. The van der Waals surface area contributed by atoms with E-state index < -0.39 is 0 Å². The Balaban J connectivity index is 0.00000121. The lowest BCUT2D eigenvalue weighted by molar-refractivity contribution is 0.245. The van der Waals surface area contributed by atoms with Crippen molar-refractivity contribution < 1.29 is 4.79 Å². The number of allylic oxidation sites excluding steroid dienone is 2. The number of piperidine rings is 1. The summed E-state index contributed by atoms with van der Waals surface area (Å²) in [4.78, 5) is 17.5. The van der Waals surface area contributed by atoms with Gasteiger partial charge >= 0.3 is 6.03 Å². The van der Waals surface area contributed by atoms with Crippen molar-refractivity contribution in [2.45, 2.75) is 58.7 Å². The third-order valence-corrected chi connectivity index (χ3v) is 6.43. The van der Waals surface area contributed by atoms with Crippen molar-refractivity contribution in [3.63, 3.8) is 0 Å². The molecular formula is C29H39ClN6O. The summed E-state index contributed by atoms with van der Waals surface area (Å²) in [6.45, 7) is 10.9. The molecule has 4 rings (SSSR count). The van der Waals surface area contributed by atoms with Gasteiger partial charge in [-0.1, -0.05) is 35.9 Å². The van der Waals surface area contributed by atoms with Crippen LogP contribution in [0.15, 0.2) is 71.2 Å². The molecule has 1 saturated heterocycles. The Morgan fingerprint density at radius 3 is 2.70 bits per heavy atom. The molecule has 7 nitrogen and oxygen atoms in total. The largest absolute Gasteiger partial charge is 0.364 e. The van der Waals surface area contributed by atoms with Gasteiger partial charge in [-0.05, 0) is 94.5 Å². The highest BCUT2D eigenvalue weighted by Crippen LogP contribution is 2.25. The van der Waals surface area contributed by atoms with Crippen LogP contribution in [0.5, 0.6) is 0 Å². The van der Waals surface area contributed by atoms with E-state index in [-0.39, 0.29) is 18.2 Å². The summed E-state index contributed by atoms with van der Waals surface area (Å²) in [5.74, 6) is 0.591. The lowest BCUT2D eigenvalue weighted by Crippen LogP contribution is -2.47. The summed E-state index contributed by atoms with van der Waals surface area (Å²) in [6.07, 6.45) is 7.08. The van der Waals surface area contributed by atoms with Gasteiger partial charge in [0.05, 0.1) is 5.03 Å². The topological polar surface area (TPSA) is 89.6 Å². The zero-order valence-corrected chi connectivity index (χ0v) is 22.8. The highest BCUT2D eigenvalue weighted by atomic mass is 35.5. The Morgan fingerprint density at radius 2 is 1.97 bits per heavy atom. The van der Waals surface area contributed by atoms with Gasteiger partial charge in [-0.3, -0.25) is 0 Å². The number of carbonyl (C=O) groups is 1. The summed E-state index contributed by atoms with van der Waals surface area (Å²) in [7, 11) is 0. The van der Waals surface area contributed by atoms with Gasteiger partial charge in [0.15, 0.2) is 0 Å². The van der Waals surface area contributed by atoms with Gasteiger partial charge in [0.25, 0.3) is 0 Å². The lowest BCUT2D eigenvalue weighted by atomic mass is 10.0. The van der Waals surface area contributed by atoms with Crippen LogP contribution in [0.3, 0.4) is 0 Å². The zero-order valence-electron chi connectivity index (χ0n) is 22.0. The van der Waals surface area contributed by atoms with Crippen molar-refractivity contribution in [3.8, 4) is 0 Å². The van der Waals surface area contributed by atoms with Gasteiger partial charge in [-0.15, -0.1) is 6.58 Å². The molecule has 2 atom stereocenters. The Hall–Kier alpha value is -3.29. The number of anilines is 3. The Labute approximate surface area is 225 Å². The molecule has 1 fully saturated rings. The fourth-order valence-corrected chi connectivity index (χ4v) is 4.40. The number of aliphatic imine (C=N–C) groups is 1. The van der Waals surface area contributed by atoms with Gasteiger partial charge in [0.2, 0.25) is 0 Å². The maximum atomic E-state index is 12.7. The van der Waals surface area contributed by atoms with Crippen LogP contribution in [0.25, 0.3) is 0 Å². The molecule has 2 unspecified atom stereocenters. The second-order valence-electron chi connectivity index (χ2n) is 9.18. The molecule has 5 N–H and O–H groups in total. The van der Waals surface area contributed by atoms with E-state index in [1.165, 1.54) is 5.56 Å². The highest BCUT2D eigenvalue weighted by Gasteiger charge is 2.17. The van der Waals surface area contributed by atoms with E-state index in [0.29, 0.717) is 10.9 Å². The van der Waals surface area contributed by atoms with Gasteiger partial charge in [-0.2, -0.15) is 0 Å². The monoisotopic (exact) mass is 522 g/mol. The number of hydrogen-bond donors (Lipinski definition) is 5. The van der Waals surface area contributed by atoms with E-state index in [9.17, 15) is 4.79 Å². The first-order chi connectivity index (χ1) is 17.9. The molecule has 0 saturated carbocycles. The molecule has 8 heteroatoms. The first kappa shape index (κ1) is 28.3. The quantitative estimate of drug-likeness (QED) is 0.308. The van der Waals surface area contributed by atoms with E-state index in [1.54, 1.807) is 6.08 Å². The van der Waals surface area contributed by atoms with Crippen molar-refractivity contribution in [2.24, 2.45) is 4.99 Å². The molecule has 2 aromatic rings. The molecule has 37 heavy (non-hydrogen) atoms. The summed E-state index contributed by atoms with van der Waals surface area (Å²) in [5, 5.41) is 16.8. The molecule has 2 heterocycles. The molecule has 0 aromatic heterocycles. The smallest absolute Gasteiger partial charge is 0.319 e. The number of amidine groups is 1. The normalized spacial score (nSPS) is 21.0. The molecule has 2 amide bonds. The van der Waals surface area contributed by atoms with E-state index in [0.717, 1.165) is 61.4 Å². The number of urea groups is 1. The van der Waals surface area contributed by atoms with Crippen molar-refractivity contribution >= 4 is 40.5 Å². The predicted octanol–water partition coefficient (Wildman–Crippen LogP) is 6.26. The van der Waals surface area contributed by atoms with E-state index in [2.05, 4.69) is 51.4 Å². The van der Waals surface area contributed by atoms with Crippen molar-refractivity contribution in [2.75, 3.05) is 29.0 Å². The molecule has 0 aliphatic carbocycles. The SMILES string of the molecule is C/C=C(Cl)\C1=N/C(C)Nc2cccc(c2)CCc2cc(ccc2NC(=O)NC2CCCNC2)N1.C=CC. The minimum atomic E-state index is -0.175. The van der Waals surface area contributed by atoms with E-state index in [1.807, 2.05) is 51.1 Å². The van der Waals surface area contributed by atoms with Crippen LogP contribution >= 0.6 is 11.6 Å². The second-order valence-corrected chi connectivity index (χ2v) is 9.59. The van der Waals surface area contributed by atoms with Crippen LogP contribution in [0, 0.1) is 0 Å². The van der Waals surface area contributed by atoms with Crippen molar-refractivity contribution in [1.82, 2.24) is 10.6 Å². The van der Waals surface area contributed by atoms with E-state index >= 15 is 0 Å². The standard InChI is InChI=1S/C26H33ClN6O.C3H6/c1-3-23(27)25-30-17(2)29-20-7-4-6-18(14-20)9-10-19-15-21(31-25)11-12-24(19)33-26(34)32-22-8-5-13-28-16-22;1-3-2/h3-4,6-7,11-12,14-15,17,22,28-29H,5,8-10,13,16H2,1-2H3,(H,30,31)(H2,32,33,34);3H,1H2,2H3/b23-3+;. The second kappa shape index (κ2) is 14.4. The number of benzene rings is 2. The molecule has 2 aromatic carbocycles. The lowest BCUT2D eigenvalue weighted by Gasteiger charge is -2.24. The number of nitrogens with zero attached hydrogens (tertiary/aromatic N) is 1. The average Bonchev–Trinajstić information content (AvgIpc) is 2.89. The maximum Gasteiger partial charge on any atom is 0.319 e. The summed E-state index contributed by atoms with van der Waals surface area (Å²) in [6, 6.07) is 14.3. The number of halogens is 1. The summed E-state index contributed by atoms with van der Waals surface area (Å²) < 4.78 is 0. The Bertz CT molecular complexity index is 1120. The maximum absolute atomic E-state index is 12.7. The number of aryl methyl sites for hydroxylation is 2. The minimum Gasteiger partial charge on any atom is -0.364 e. The van der Waals surface area contributed by atoms with Crippen LogP contribution in [-0.2, 0) is 12.8 Å². The molecule has 0 radical (unpaired) electrons. The van der Waals surface area contributed by atoms with E-state index in [4.69, 9.17) is 16.6 Å². The van der Waals surface area contributed by atoms with Crippen molar-refractivity contribution in [3.05, 3.63) is 77.4 Å². The molecule has 4 bridgehead atoms. The van der Waals surface area contributed by atoms with Gasteiger partial charge in [0.1, 0.15) is 12.0 Å². The first-order valence-electron chi connectivity index (χ1n) is 12.9. The van der Waals surface area contributed by atoms with Crippen LogP contribution < -0.4 is 26.6 Å². The molecule has 0 spiro atoms.